The van der Waals surface area contributed by atoms with E-state index in [2.05, 4.69) is 52.3 Å². The number of ether oxygens (including phenoxy) is 1. The van der Waals surface area contributed by atoms with Gasteiger partial charge in [-0.3, -0.25) is 10.1 Å². The Bertz CT molecular complexity index is 1860. The first-order valence-electron chi connectivity index (χ1n) is 11.9. The van der Waals surface area contributed by atoms with Gasteiger partial charge in [-0.05, 0) is 48.5 Å². The van der Waals surface area contributed by atoms with E-state index in [-0.39, 0.29) is 5.69 Å². The van der Waals surface area contributed by atoms with Crippen LogP contribution in [-0.4, -0.2) is 9.49 Å². The molecule has 2 heterocycles. The van der Waals surface area contributed by atoms with E-state index in [1.165, 1.54) is 22.9 Å². The Balaban J connectivity index is 1.28. The molecular formula is C30H18ClN3O3S. The number of nitro groups is 1. The fourth-order valence-corrected chi connectivity index (χ4v) is 6.17. The average Bonchev–Trinajstić information content (AvgIpc) is 3.26. The molecule has 5 aromatic carbocycles. The Morgan fingerprint density at radius 3 is 2.18 bits per heavy atom. The van der Waals surface area contributed by atoms with Gasteiger partial charge in [0.05, 0.1) is 44.1 Å². The van der Waals surface area contributed by atoms with Crippen molar-refractivity contribution in [1.82, 2.24) is 4.57 Å². The van der Waals surface area contributed by atoms with E-state index in [9.17, 15) is 10.1 Å². The highest BCUT2D eigenvalue weighted by molar-refractivity contribution is 7.99. The highest BCUT2D eigenvalue weighted by Gasteiger charge is 2.21. The molecule has 0 atom stereocenters. The lowest BCUT2D eigenvalue weighted by Gasteiger charge is -2.23. The first kappa shape index (κ1) is 22.7. The van der Waals surface area contributed by atoms with Crippen LogP contribution in [0.3, 0.4) is 0 Å². The third-order valence-electron chi connectivity index (χ3n) is 6.58. The molecule has 6 nitrogen and oxygen atoms in total. The summed E-state index contributed by atoms with van der Waals surface area (Å²) < 4.78 is 8.16. The second-order valence-electron chi connectivity index (χ2n) is 8.91. The van der Waals surface area contributed by atoms with E-state index in [0.717, 1.165) is 37.9 Å². The minimum absolute atomic E-state index is 0.0140. The van der Waals surface area contributed by atoms with Crippen LogP contribution < -0.4 is 10.1 Å². The average molecular weight is 536 g/mol. The lowest BCUT2D eigenvalue weighted by atomic mass is 10.2. The van der Waals surface area contributed by atoms with E-state index in [1.54, 1.807) is 23.9 Å². The molecule has 0 amide bonds. The number of nitrogens with zero attached hydrogens (tertiary/aromatic N) is 2. The molecule has 0 spiro atoms. The Morgan fingerprint density at radius 2 is 1.45 bits per heavy atom. The van der Waals surface area contributed by atoms with E-state index >= 15 is 0 Å². The standard InChI is InChI=1S/C30H18ClN3O3S/c31-23-16-25-30(17-28(23)33-26-10-3-1-8-21(26)22-9-2-4-11-27(22)33)38-29-15-20(12-13-24(29)32-25)37-19-7-5-6-18(14-19)34(35)36/h1-17,32H. The molecule has 1 aromatic heterocycles. The van der Waals surface area contributed by atoms with Crippen LogP contribution in [-0.2, 0) is 0 Å². The van der Waals surface area contributed by atoms with Crippen LogP contribution in [0.25, 0.3) is 27.5 Å². The van der Waals surface area contributed by atoms with Crippen LogP contribution in [0.15, 0.2) is 113 Å². The third kappa shape index (κ3) is 3.75. The van der Waals surface area contributed by atoms with Gasteiger partial charge in [-0.15, -0.1) is 0 Å². The van der Waals surface area contributed by atoms with Gasteiger partial charge >= 0.3 is 0 Å². The molecule has 6 aromatic rings. The largest absolute Gasteiger partial charge is 0.457 e. The van der Waals surface area contributed by atoms with Crippen molar-refractivity contribution < 1.29 is 9.66 Å². The number of hydrogen-bond acceptors (Lipinski definition) is 5. The van der Waals surface area contributed by atoms with Gasteiger partial charge in [0.2, 0.25) is 0 Å². The normalized spacial score (nSPS) is 12.1. The summed E-state index contributed by atoms with van der Waals surface area (Å²) in [5, 5.41) is 17.6. The summed E-state index contributed by atoms with van der Waals surface area (Å²) in [6, 6.07) is 32.7. The van der Waals surface area contributed by atoms with Crippen molar-refractivity contribution in [3.05, 3.63) is 118 Å². The van der Waals surface area contributed by atoms with E-state index < -0.39 is 4.92 Å². The highest BCUT2D eigenvalue weighted by Crippen LogP contribution is 2.48. The van der Waals surface area contributed by atoms with Crippen molar-refractivity contribution >= 4 is 62.2 Å². The van der Waals surface area contributed by atoms with Gasteiger partial charge in [0.25, 0.3) is 5.69 Å². The molecule has 0 aliphatic carbocycles. The van der Waals surface area contributed by atoms with Gasteiger partial charge in [-0.1, -0.05) is 65.8 Å². The predicted molar refractivity (Wildman–Crippen MR) is 153 cm³/mol. The molecule has 1 N–H and O–H groups in total. The Kier molecular flexibility index (Phi) is 5.28. The van der Waals surface area contributed by atoms with Crippen LogP contribution in [0.5, 0.6) is 11.5 Å². The topological polar surface area (TPSA) is 69.3 Å². The molecule has 38 heavy (non-hydrogen) atoms. The fraction of sp³-hybridized carbons (Fsp3) is 0. The maximum Gasteiger partial charge on any atom is 0.273 e. The van der Waals surface area contributed by atoms with Crippen LogP contribution in [0.4, 0.5) is 17.1 Å². The van der Waals surface area contributed by atoms with Crippen LogP contribution in [0.1, 0.15) is 0 Å². The van der Waals surface area contributed by atoms with Crippen molar-refractivity contribution in [3.63, 3.8) is 0 Å². The number of para-hydroxylation sites is 2. The van der Waals surface area contributed by atoms with Crippen LogP contribution >= 0.6 is 23.4 Å². The zero-order valence-corrected chi connectivity index (χ0v) is 21.3. The number of hydrogen-bond donors (Lipinski definition) is 1. The number of nitrogens with one attached hydrogen (secondary N) is 1. The number of fused-ring (bicyclic) bond motifs is 5. The molecule has 0 fully saturated rings. The first-order chi connectivity index (χ1) is 18.5. The molecule has 0 unspecified atom stereocenters. The van der Waals surface area contributed by atoms with Gasteiger partial charge < -0.3 is 14.6 Å². The van der Waals surface area contributed by atoms with E-state index in [4.69, 9.17) is 16.3 Å². The molecule has 1 aliphatic rings. The summed E-state index contributed by atoms with van der Waals surface area (Å²) in [5.74, 6) is 1.01. The molecule has 0 saturated carbocycles. The summed E-state index contributed by atoms with van der Waals surface area (Å²) in [7, 11) is 0. The summed E-state index contributed by atoms with van der Waals surface area (Å²) in [6.45, 7) is 0. The zero-order valence-electron chi connectivity index (χ0n) is 19.7. The van der Waals surface area contributed by atoms with Crippen molar-refractivity contribution in [3.8, 4) is 17.2 Å². The quantitative estimate of drug-likeness (QED) is 0.179. The summed E-state index contributed by atoms with van der Waals surface area (Å²) in [6.07, 6.45) is 0. The van der Waals surface area contributed by atoms with E-state index in [1.807, 2.05) is 36.4 Å². The number of benzene rings is 5. The van der Waals surface area contributed by atoms with Crippen LogP contribution in [0, 0.1) is 10.1 Å². The van der Waals surface area contributed by atoms with Crippen molar-refractivity contribution in [1.29, 1.82) is 0 Å². The van der Waals surface area contributed by atoms with Gasteiger partial charge in [0.15, 0.2) is 0 Å². The fourth-order valence-electron chi connectivity index (χ4n) is 4.89. The Hall–Kier alpha value is -4.46. The molecule has 7 rings (SSSR count). The number of halogens is 1. The smallest absolute Gasteiger partial charge is 0.273 e. The number of anilines is 2. The first-order valence-corrected chi connectivity index (χ1v) is 13.1. The van der Waals surface area contributed by atoms with Crippen molar-refractivity contribution in [2.75, 3.05) is 5.32 Å². The lowest BCUT2D eigenvalue weighted by molar-refractivity contribution is -0.384. The number of aromatic nitrogens is 1. The maximum absolute atomic E-state index is 11.1. The minimum Gasteiger partial charge on any atom is -0.457 e. The van der Waals surface area contributed by atoms with Gasteiger partial charge in [0.1, 0.15) is 11.5 Å². The SMILES string of the molecule is O=[N+]([O-])c1cccc(Oc2ccc3c(c2)Sc2cc(-n4c5ccccc5c5ccccc54)c(Cl)cc2N3)c1. The van der Waals surface area contributed by atoms with Crippen LogP contribution in [0.2, 0.25) is 5.02 Å². The zero-order chi connectivity index (χ0) is 25.8. The summed E-state index contributed by atoms with van der Waals surface area (Å²) in [4.78, 5) is 12.7. The Labute approximate surface area is 226 Å². The number of rotatable bonds is 4. The maximum atomic E-state index is 11.1. The summed E-state index contributed by atoms with van der Waals surface area (Å²) >= 11 is 8.52. The lowest BCUT2D eigenvalue weighted by Crippen LogP contribution is -2.03. The third-order valence-corrected chi connectivity index (χ3v) is 7.99. The van der Waals surface area contributed by atoms with Gasteiger partial charge in [0, 0.05) is 26.6 Å². The molecule has 1 aliphatic heterocycles. The molecule has 0 bridgehead atoms. The number of non-ortho nitro benzene ring substituents is 1. The monoisotopic (exact) mass is 535 g/mol. The van der Waals surface area contributed by atoms with Gasteiger partial charge in [-0.2, -0.15) is 0 Å². The van der Waals surface area contributed by atoms with Crippen molar-refractivity contribution in [2.45, 2.75) is 9.79 Å². The van der Waals surface area contributed by atoms with Crippen molar-refractivity contribution in [2.24, 2.45) is 0 Å². The molecule has 184 valence electrons. The highest BCUT2D eigenvalue weighted by atomic mass is 35.5. The molecule has 0 saturated heterocycles. The summed E-state index contributed by atoms with van der Waals surface area (Å²) in [5.41, 5.74) is 4.96. The Morgan fingerprint density at radius 1 is 0.763 bits per heavy atom. The second-order valence-corrected chi connectivity index (χ2v) is 10.4. The molecule has 0 radical (unpaired) electrons. The van der Waals surface area contributed by atoms with E-state index in [0.29, 0.717) is 16.5 Å². The minimum atomic E-state index is -0.434. The molecule has 8 heteroatoms. The second kappa shape index (κ2) is 8.83. The predicted octanol–water partition coefficient (Wildman–Crippen LogP) is 9.35. The molecular weight excluding hydrogens is 518 g/mol. The van der Waals surface area contributed by atoms with Gasteiger partial charge in [-0.25, -0.2) is 0 Å². The number of nitro benzene ring substituents is 1.